The van der Waals surface area contributed by atoms with Crippen molar-refractivity contribution in [3.05, 3.63) is 0 Å². The Labute approximate surface area is 91.8 Å². The van der Waals surface area contributed by atoms with Crippen molar-refractivity contribution < 1.29 is 9.53 Å². The fourth-order valence-electron chi connectivity index (χ4n) is 1.28. The summed E-state index contributed by atoms with van der Waals surface area (Å²) in [5.41, 5.74) is 0. The van der Waals surface area contributed by atoms with E-state index in [0.29, 0.717) is 18.3 Å². The lowest BCUT2D eigenvalue weighted by molar-refractivity contribution is -0.143. The predicted octanol–water partition coefficient (Wildman–Crippen LogP) is 3.25. The summed E-state index contributed by atoms with van der Waals surface area (Å²) in [7, 11) is 0. The largest absolute Gasteiger partial charge is 0.466 e. The number of esters is 1. The van der Waals surface area contributed by atoms with Crippen LogP contribution in [0.2, 0.25) is 0 Å². The Morgan fingerprint density at radius 2 is 2.00 bits per heavy atom. The van der Waals surface area contributed by atoms with Crippen molar-refractivity contribution in [1.82, 2.24) is 0 Å². The third-order valence-electron chi connectivity index (χ3n) is 2.10. The van der Waals surface area contributed by atoms with Gasteiger partial charge in [0.15, 0.2) is 0 Å². The minimum Gasteiger partial charge on any atom is -0.466 e. The van der Waals surface area contributed by atoms with Crippen LogP contribution < -0.4 is 0 Å². The molecule has 3 heteroatoms. The number of rotatable bonds is 8. The van der Waals surface area contributed by atoms with E-state index in [1.165, 1.54) is 12.8 Å². The third-order valence-corrected chi connectivity index (χ3v) is 3.24. The van der Waals surface area contributed by atoms with E-state index >= 15 is 0 Å². The van der Waals surface area contributed by atoms with E-state index in [1.807, 2.05) is 18.7 Å². The quantitative estimate of drug-likeness (QED) is 0.585. The van der Waals surface area contributed by atoms with Crippen LogP contribution in [-0.4, -0.2) is 24.1 Å². The predicted molar refractivity (Wildman–Crippen MR) is 62.7 cm³/mol. The van der Waals surface area contributed by atoms with E-state index in [9.17, 15) is 4.79 Å². The zero-order chi connectivity index (χ0) is 10.8. The normalized spacial score (nSPS) is 12.5. The molecule has 0 radical (unpaired) electrons. The van der Waals surface area contributed by atoms with Crippen LogP contribution in [0.5, 0.6) is 0 Å². The van der Waals surface area contributed by atoms with Gasteiger partial charge in [-0.1, -0.05) is 20.3 Å². The Bertz CT molecular complexity index is 148. The van der Waals surface area contributed by atoms with Gasteiger partial charge in [0, 0.05) is 11.7 Å². The van der Waals surface area contributed by atoms with E-state index in [4.69, 9.17) is 4.74 Å². The average molecular weight is 218 g/mol. The van der Waals surface area contributed by atoms with Crippen molar-refractivity contribution in [1.29, 1.82) is 0 Å². The summed E-state index contributed by atoms with van der Waals surface area (Å²) in [5, 5.41) is 0.648. The molecule has 0 fully saturated rings. The topological polar surface area (TPSA) is 26.3 Å². The maximum Gasteiger partial charge on any atom is 0.305 e. The fraction of sp³-hybridized carbons (Fsp3) is 0.909. The second-order valence-electron chi connectivity index (χ2n) is 3.41. The molecule has 2 nitrogen and oxygen atoms in total. The lowest BCUT2D eigenvalue weighted by atomic mass is 10.2. The van der Waals surface area contributed by atoms with E-state index in [0.717, 1.165) is 12.8 Å². The molecule has 0 amide bonds. The summed E-state index contributed by atoms with van der Waals surface area (Å²) in [6.45, 7) is 4.76. The van der Waals surface area contributed by atoms with Gasteiger partial charge >= 0.3 is 5.97 Å². The molecule has 0 aliphatic carbocycles. The minimum absolute atomic E-state index is 0.0520. The maximum absolute atomic E-state index is 11.0. The number of ether oxygens (including phenoxy) is 1. The van der Waals surface area contributed by atoms with Gasteiger partial charge in [0.25, 0.3) is 0 Å². The first-order valence-corrected chi connectivity index (χ1v) is 6.71. The first-order chi connectivity index (χ1) is 6.74. The van der Waals surface area contributed by atoms with Gasteiger partial charge in [-0.2, -0.15) is 11.8 Å². The fourth-order valence-corrected chi connectivity index (χ4v) is 2.09. The summed E-state index contributed by atoms with van der Waals surface area (Å²) < 4.78 is 5.11. The zero-order valence-corrected chi connectivity index (χ0v) is 10.4. The molecular weight excluding hydrogens is 196 g/mol. The standard InChI is InChI=1S/C11H22O2S/c1-4-6-10(14-3)8-9-13-11(12)7-5-2/h10H,4-9H2,1-3H3. The van der Waals surface area contributed by atoms with Gasteiger partial charge in [-0.05, 0) is 25.5 Å². The molecule has 1 unspecified atom stereocenters. The van der Waals surface area contributed by atoms with E-state index in [-0.39, 0.29) is 5.97 Å². The number of hydrogen-bond acceptors (Lipinski definition) is 3. The van der Waals surface area contributed by atoms with Gasteiger partial charge in [-0.3, -0.25) is 4.79 Å². The van der Waals surface area contributed by atoms with Crippen LogP contribution in [0.3, 0.4) is 0 Å². The van der Waals surface area contributed by atoms with Crippen LogP contribution in [0.4, 0.5) is 0 Å². The highest BCUT2D eigenvalue weighted by Gasteiger charge is 2.07. The van der Waals surface area contributed by atoms with E-state index in [2.05, 4.69) is 13.2 Å². The summed E-state index contributed by atoms with van der Waals surface area (Å²) >= 11 is 1.87. The molecule has 0 saturated carbocycles. The Balaban J connectivity index is 3.45. The third kappa shape index (κ3) is 7.25. The molecule has 14 heavy (non-hydrogen) atoms. The molecule has 0 spiro atoms. The molecule has 0 rings (SSSR count). The van der Waals surface area contributed by atoms with Crippen molar-refractivity contribution in [2.75, 3.05) is 12.9 Å². The Morgan fingerprint density at radius 1 is 1.29 bits per heavy atom. The summed E-state index contributed by atoms with van der Waals surface area (Å²) in [6, 6.07) is 0. The summed E-state index contributed by atoms with van der Waals surface area (Å²) in [5.74, 6) is -0.0520. The Kier molecular flexibility index (Phi) is 9.26. The van der Waals surface area contributed by atoms with Crippen molar-refractivity contribution in [3.8, 4) is 0 Å². The Morgan fingerprint density at radius 3 is 2.50 bits per heavy atom. The first kappa shape index (κ1) is 13.8. The van der Waals surface area contributed by atoms with Crippen LogP contribution in [0.25, 0.3) is 0 Å². The summed E-state index contributed by atoms with van der Waals surface area (Å²) in [4.78, 5) is 11.0. The van der Waals surface area contributed by atoms with Gasteiger partial charge < -0.3 is 4.74 Å². The van der Waals surface area contributed by atoms with Gasteiger partial charge in [-0.25, -0.2) is 0 Å². The van der Waals surface area contributed by atoms with Gasteiger partial charge in [0.2, 0.25) is 0 Å². The van der Waals surface area contributed by atoms with Gasteiger partial charge in [0.05, 0.1) is 6.61 Å². The lowest BCUT2D eigenvalue weighted by Gasteiger charge is -2.12. The second kappa shape index (κ2) is 9.38. The lowest BCUT2D eigenvalue weighted by Crippen LogP contribution is -2.10. The molecule has 0 heterocycles. The SMILES string of the molecule is CCCC(=O)OCCC(CCC)SC. The van der Waals surface area contributed by atoms with Gasteiger partial charge in [0.1, 0.15) is 0 Å². The first-order valence-electron chi connectivity index (χ1n) is 5.43. The van der Waals surface area contributed by atoms with Crippen molar-refractivity contribution in [2.24, 2.45) is 0 Å². The molecule has 0 bridgehead atoms. The highest BCUT2D eigenvalue weighted by atomic mass is 32.2. The second-order valence-corrected chi connectivity index (χ2v) is 4.54. The molecule has 0 N–H and O–H groups in total. The molecule has 84 valence electrons. The average Bonchev–Trinajstić information content (AvgIpc) is 2.17. The van der Waals surface area contributed by atoms with Crippen molar-refractivity contribution in [3.63, 3.8) is 0 Å². The zero-order valence-electron chi connectivity index (χ0n) is 9.54. The van der Waals surface area contributed by atoms with Gasteiger partial charge in [-0.15, -0.1) is 0 Å². The van der Waals surface area contributed by atoms with Crippen molar-refractivity contribution in [2.45, 2.75) is 51.2 Å². The molecule has 0 aliphatic rings. The van der Waals surface area contributed by atoms with E-state index in [1.54, 1.807) is 0 Å². The summed E-state index contributed by atoms with van der Waals surface area (Å²) in [6.07, 6.45) is 6.96. The molecule has 0 aromatic heterocycles. The van der Waals surface area contributed by atoms with Crippen LogP contribution in [0, 0.1) is 0 Å². The highest BCUT2D eigenvalue weighted by molar-refractivity contribution is 7.99. The highest BCUT2D eigenvalue weighted by Crippen LogP contribution is 2.16. The maximum atomic E-state index is 11.0. The van der Waals surface area contributed by atoms with E-state index < -0.39 is 0 Å². The molecule has 0 aromatic rings. The smallest absolute Gasteiger partial charge is 0.305 e. The number of carbonyl (C=O) groups excluding carboxylic acids is 1. The number of hydrogen-bond donors (Lipinski definition) is 0. The van der Waals surface area contributed by atoms with Crippen LogP contribution in [0.1, 0.15) is 46.0 Å². The van der Waals surface area contributed by atoms with Crippen LogP contribution in [-0.2, 0) is 9.53 Å². The number of thioether (sulfide) groups is 1. The number of carbonyl (C=O) groups is 1. The van der Waals surface area contributed by atoms with Crippen LogP contribution in [0.15, 0.2) is 0 Å². The minimum atomic E-state index is -0.0520. The molecule has 0 aromatic carbocycles. The molecule has 0 saturated heterocycles. The molecular formula is C11H22O2S. The van der Waals surface area contributed by atoms with Crippen molar-refractivity contribution >= 4 is 17.7 Å². The molecule has 1 atom stereocenters. The van der Waals surface area contributed by atoms with Crippen LogP contribution >= 0.6 is 11.8 Å². The Hall–Kier alpha value is -0.180. The molecule has 0 aliphatic heterocycles. The monoisotopic (exact) mass is 218 g/mol.